The first-order chi connectivity index (χ1) is 14.0. The predicted molar refractivity (Wildman–Crippen MR) is 128 cm³/mol. The van der Waals surface area contributed by atoms with Gasteiger partial charge in [0.15, 0.2) is 5.96 Å². The summed E-state index contributed by atoms with van der Waals surface area (Å²) in [5.41, 5.74) is 15.5. The second-order valence-electron chi connectivity index (χ2n) is 6.57. The molecule has 0 fully saturated rings. The highest BCUT2D eigenvalue weighted by Crippen LogP contribution is 2.21. The maximum absolute atomic E-state index is 13.1. The average molecular weight is 519 g/mol. The first kappa shape index (κ1) is 23.2. The van der Waals surface area contributed by atoms with E-state index in [2.05, 4.69) is 21.5 Å². The van der Waals surface area contributed by atoms with Gasteiger partial charge >= 0.3 is 0 Å². The number of nitrogen functional groups attached to an aromatic ring is 1. The number of aromatic nitrogens is 2. The quantitative estimate of drug-likeness (QED) is 0.199. The van der Waals surface area contributed by atoms with Gasteiger partial charge in [-0.2, -0.15) is 10.4 Å². The molecule has 7 nitrogen and oxygen atoms in total. The summed E-state index contributed by atoms with van der Waals surface area (Å²) in [6.07, 6.45) is 1.16. The van der Waals surface area contributed by atoms with E-state index >= 15 is 0 Å². The molecule has 0 saturated heterocycles. The van der Waals surface area contributed by atoms with Crippen molar-refractivity contribution in [2.75, 3.05) is 17.6 Å². The van der Waals surface area contributed by atoms with Gasteiger partial charge in [0.25, 0.3) is 0 Å². The minimum absolute atomic E-state index is 0. The number of hydrogen-bond donors (Lipinski definition) is 3. The maximum atomic E-state index is 13.1. The van der Waals surface area contributed by atoms with Gasteiger partial charge < -0.3 is 16.8 Å². The third kappa shape index (κ3) is 5.70. The number of halogens is 2. The Morgan fingerprint density at radius 1 is 1.20 bits per heavy atom. The first-order valence-electron chi connectivity index (χ1n) is 9.15. The van der Waals surface area contributed by atoms with Crippen molar-refractivity contribution >= 4 is 41.4 Å². The Bertz CT molecular complexity index is 1050. The number of aliphatic imine (C=N–C) groups is 1. The number of nitrogens with two attached hydrogens (primary N) is 2. The number of anilines is 2. The Labute approximate surface area is 191 Å². The fourth-order valence-electron chi connectivity index (χ4n) is 2.82. The summed E-state index contributed by atoms with van der Waals surface area (Å²) in [5.74, 6) is 0.207. The fourth-order valence-corrected chi connectivity index (χ4v) is 2.82. The molecule has 0 atom stereocenters. The molecule has 30 heavy (non-hydrogen) atoms. The average Bonchev–Trinajstić information content (AvgIpc) is 3.03. The Morgan fingerprint density at radius 3 is 2.50 bits per heavy atom. The number of guanidine groups is 1. The normalized spacial score (nSPS) is 10.9. The predicted octanol–water partition coefficient (Wildman–Crippen LogP) is 3.75. The molecule has 3 rings (SSSR count). The van der Waals surface area contributed by atoms with Crippen LogP contribution in [0.25, 0.3) is 5.69 Å². The number of nitrogens with zero attached hydrogens (tertiary/aromatic N) is 4. The van der Waals surface area contributed by atoms with Crippen LogP contribution in [0.3, 0.4) is 0 Å². The number of rotatable bonds is 6. The van der Waals surface area contributed by atoms with Crippen LogP contribution in [0, 0.1) is 24.1 Å². The lowest BCUT2D eigenvalue weighted by Crippen LogP contribution is -2.22. The molecule has 9 heteroatoms. The third-order valence-corrected chi connectivity index (χ3v) is 4.35. The molecule has 1 aromatic heterocycles. The molecule has 0 amide bonds. The summed E-state index contributed by atoms with van der Waals surface area (Å²) < 4.78 is 14.6. The highest BCUT2D eigenvalue weighted by molar-refractivity contribution is 14.0. The number of benzene rings is 2. The van der Waals surface area contributed by atoms with Gasteiger partial charge in [0.1, 0.15) is 23.3 Å². The van der Waals surface area contributed by atoms with E-state index in [1.165, 1.54) is 22.4 Å². The van der Waals surface area contributed by atoms with Crippen LogP contribution in [-0.4, -0.2) is 22.3 Å². The van der Waals surface area contributed by atoms with Gasteiger partial charge in [-0.25, -0.2) is 9.07 Å². The largest absolute Gasteiger partial charge is 0.382 e. The van der Waals surface area contributed by atoms with Gasteiger partial charge in [0.05, 0.1) is 11.4 Å². The maximum Gasteiger partial charge on any atom is 0.193 e. The lowest BCUT2D eigenvalue weighted by atomic mass is 10.1. The van der Waals surface area contributed by atoms with Crippen LogP contribution < -0.4 is 16.8 Å². The smallest absolute Gasteiger partial charge is 0.193 e. The van der Waals surface area contributed by atoms with Gasteiger partial charge in [0.2, 0.25) is 0 Å². The van der Waals surface area contributed by atoms with E-state index in [0.717, 1.165) is 5.69 Å². The van der Waals surface area contributed by atoms with Crippen molar-refractivity contribution in [1.82, 2.24) is 9.78 Å². The molecular weight excluding hydrogens is 496 g/mol. The topological polar surface area (TPSA) is 118 Å². The highest BCUT2D eigenvalue weighted by Gasteiger charge is 2.16. The summed E-state index contributed by atoms with van der Waals surface area (Å²) in [4.78, 5) is 4.30. The van der Waals surface area contributed by atoms with E-state index in [9.17, 15) is 9.65 Å². The Hall–Kier alpha value is -3.13. The molecule has 0 spiro atoms. The van der Waals surface area contributed by atoms with Crippen molar-refractivity contribution in [3.8, 4) is 11.8 Å². The van der Waals surface area contributed by atoms with Gasteiger partial charge in [-0.3, -0.25) is 4.99 Å². The van der Waals surface area contributed by atoms with Crippen molar-refractivity contribution in [2.45, 2.75) is 19.8 Å². The molecule has 0 saturated carbocycles. The van der Waals surface area contributed by atoms with Crippen molar-refractivity contribution in [1.29, 1.82) is 5.26 Å². The van der Waals surface area contributed by atoms with Gasteiger partial charge in [-0.1, -0.05) is 17.7 Å². The summed E-state index contributed by atoms with van der Waals surface area (Å²) in [5, 5.41) is 16.9. The van der Waals surface area contributed by atoms with E-state index in [0.29, 0.717) is 42.3 Å². The number of nitriles is 1. The molecule has 0 aliphatic carbocycles. The van der Waals surface area contributed by atoms with Gasteiger partial charge in [-0.15, -0.1) is 24.0 Å². The minimum atomic E-state index is -0.352. The molecule has 1 heterocycles. The molecule has 2 aromatic carbocycles. The van der Waals surface area contributed by atoms with Crippen LogP contribution in [0.1, 0.15) is 23.2 Å². The van der Waals surface area contributed by atoms with Gasteiger partial charge in [0, 0.05) is 12.2 Å². The summed E-state index contributed by atoms with van der Waals surface area (Å²) in [7, 11) is 0. The number of nitrogens with one attached hydrogen (secondary N) is 1. The zero-order chi connectivity index (χ0) is 20.8. The van der Waals surface area contributed by atoms with E-state index in [1.54, 1.807) is 12.1 Å². The third-order valence-electron chi connectivity index (χ3n) is 4.35. The molecule has 3 aromatic rings. The first-order valence-corrected chi connectivity index (χ1v) is 9.15. The van der Waals surface area contributed by atoms with Crippen LogP contribution in [0.5, 0.6) is 0 Å². The number of aryl methyl sites for hydroxylation is 2. The molecule has 0 radical (unpaired) electrons. The lowest BCUT2D eigenvalue weighted by molar-refractivity contribution is 0.627. The zero-order valence-electron chi connectivity index (χ0n) is 16.5. The zero-order valence-corrected chi connectivity index (χ0v) is 18.8. The molecular formula is C21H23FIN7. The second kappa shape index (κ2) is 10.6. The molecule has 0 bridgehead atoms. The molecule has 0 unspecified atom stereocenters. The van der Waals surface area contributed by atoms with Gasteiger partial charge in [-0.05, 0) is 56.2 Å². The Morgan fingerprint density at radius 2 is 1.87 bits per heavy atom. The highest BCUT2D eigenvalue weighted by atomic mass is 127. The molecule has 5 N–H and O–H groups in total. The molecule has 0 aliphatic heterocycles. The lowest BCUT2D eigenvalue weighted by Gasteiger charge is -2.05. The minimum Gasteiger partial charge on any atom is -0.382 e. The second-order valence-corrected chi connectivity index (χ2v) is 6.57. The van der Waals surface area contributed by atoms with E-state index in [4.69, 9.17) is 11.5 Å². The SMILES string of the molecule is Cc1ccc(NC(N)=NCCCc2nn(-c3ccc(F)cc3)c(N)c2C#N)cc1.I. The molecule has 0 aliphatic rings. The summed E-state index contributed by atoms with van der Waals surface area (Å²) in [6.45, 7) is 2.49. The van der Waals surface area contributed by atoms with E-state index in [-0.39, 0.29) is 35.6 Å². The van der Waals surface area contributed by atoms with Crippen LogP contribution in [0.15, 0.2) is 53.5 Å². The fraction of sp³-hybridized carbons (Fsp3) is 0.190. The van der Waals surface area contributed by atoms with Crippen molar-refractivity contribution < 1.29 is 4.39 Å². The van der Waals surface area contributed by atoms with Crippen LogP contribution in [0.2, 0.25) is 0 Å². The Kier molecular flexibility index (Phi) is 8.17. The van der Waals surface area contributed by atoms with E-state index < -0.39 is 0 Å². The molecule has 156 valence electrons. The van der Waals surface area contributed by atoms with Crippen LogP contribution in [0.4, 0.5) is 15.9 Å². The standard InChI is InChI=1S/C21H22FN7.HI/c1-14-4-8-16(9-5-14)27-21(25)26-12-2-3-19-18(13-23)20(24)29(28-19)17-10-6-15(22)7-11-17;/h4-11H,2-3,12,24H2,1H3,(H3,25,26,27);1H. The van der Waals surface area contributed by atoms with Crippen molar-refractivity contribution in [3.05, 3.63) is 71.2 Å². The monoisotopic (exact) mass is 519 g/mol. The Balaban J connectivity index is 0.00000320. The van der Waals surface area contributed by atoms with E-state index in [1.807, 2.05) is 31.2 Å². The van der Waals surface area contributed by atoms with Crippen LogP contribution >= 0.6 is 24.0 Å². The summed E-state index contributed by atoms with van der Waals surface area (Å²) >= 11 is 0. The van der Waals surface area contributed by atoms with Crippen LogP contribution in [-0.2, 0) is 6.42 Å². The number of hydrogen-bond acceptors (Lipinski definition) is 4. The summed E-state index contributed by atoms with van der Waals surface area (Å²) in [6, 6.07) is 15.7. The van der Waals surface area contributed by atoms with Crippen molar-refractivity contribution in [2.24, 2.45) is 10.7 Å². The van der Waals surface area contributed by atoms with Crippen molar-refractivity contribution in [3.63, 3.8) is 0 Å².